The van der Waals surface area contributed by atoms with Gasteiger partial charge in [-0.25, -0.2) is 4.39 Å². The van der Waals surface area contributed by atoms with Gasteiger partial charge in [0.15, 0.2) is 0 Å². The van der Waals surface area contributed by atoms with E-state index in [1.165, 1.54) is 6.07 Å². The topological polar surface area (TPSA) is 12.0 Å². The summed E-state index contributed by atoms with van der Waals surface area (Å²) in [6.45, 7) is 0.494. The molecule has 5 heteroatoms. The summed E-state index contributed by atoms with van der Waals surface area (Å²) in [4.78, 5) is 0. The van der Waals surface area contributed by atoms with Crippen molar-refractivity contribution >= 4 is 51.5 Å². The van der Waals surface area contributed by atoms with Crippen LogP contribution >= 0.6 is 45.8 Å². The quantitative estimate of drug-likeness (QED) is 0.690. The van der Waals surface area contributed by atoms with Crippen molar-refractivity contribution < 1.29 is 4.39 Å². The van der Waals surface area contributed by atoms with Crippen LogP contribution in [0.2, 0.25) is 10.0 Å². The Bertz CT molecular complexity index is 575. The molecule has 0 saturated carbocycles. The molecule has 0 bridgehead atoms. The molecule has 0 fully saturated rings. The zero-order chi connectivity index (χ0) is 13.1. The van der Waals surface area contributed by atoms with Crippen LogP contribution in [0.15, 0.2) is 36.4 Å². The van der Waals surface area contributed by atoms with Gasteiger partial charge in [0.1, 0.15) is 5.82 Å². The molecular weight excluding hydrogens is 387 g/mol. The summed E-state index contributed by atoms with van der Waals surface area (Å²) in [7, 11) is 0. The molecule has 94 valence electrons. The van der Waals surface area contributed by atoms with E-state index >= 15 is 0 Å². The minimum Gasteiger partial charge on any atom is -0.380 e. The normalized spacial score (nSPS) is 10.4. The first-order valence-corrected chi connectivity index (χ1v) is 7.02. The Morgan fingerprint density at radius 1 is 1.06 bits per heavy atom. The maximum Gasteiger partial charge on any atom is 0.142 e. The van der Waals surface area contributed by atoms with Crippen molar-refractivity contribution in [2.75, 3.05) is 5.32 Å². The van der Waals surface area contributed by atoms with E-state index in [1.807, 2.05) is 18.2 Å². The van der Waals surface area contributed by atoms with E-state index in [1.54, 1.807) is 12.1 Å². The van der Waals surface area contributed by atoms with Crippen molar-refractivity contribution in [2.24, 2.45) is 0 Å². The predicted molar refractivity (Wildman–Crippen MR) is 82.9 cm³/mol. The van der Waals surface area contributed by atoms with Crippen molar-refractivity contribution in [1.29, 1.82) is 0 Å². The monoisotopic (exact) mass is 395 g/mol. The highest BCUT2D eigenvalue weighted by molar-refractivity contribution is 14.1. The second-order valence-corrected chi connectivity index (χ2v) is 5.79. The third-order valence-corrected chi connectivity index (χ3v) is 3.70. The molecule has 0 amide bonds. The smallest absolute Gasteiger partial charge is 0.142 e. The van der Waals surface area contributed by atoms with E-state index in [-0.39, 0.29) is 5.02 Å². The molecular formula is C13H9Cl2FIN. The van der Waals surface area contributed by atoms with Crippen LogP contribution in [0.25, 0.3) is 0 Å². The van der Waals surface area contributed by atoms with Crippen LogP contribution < -0.4 is 5.32 Å². The number of benzene rings is 2. The summed E-state index contributed by atoms with van der Waals surface area (Å²) >= 11 is 13.9. The molecule has 2 aromatic carbocycles. The minimum atomic E-state index is -0.412. The standard InChI is InChI=1S/C13H9Cl2FIN/c14-10-3-1-8(5-12(10)16)7-18-13-6-9(17)2-4-11(13)15/h1-6,18H,7H2. The average molecular weight is 396 g/mol. The van der Waals surface area contributed by atoms with Gasteiger partial charge in [-0.3, -0.25) is 0 Å². The third-order valence-electron chi connectivity index (χ3n) is 2.40. The number of rotatable bonds is 3. The lowest BCUT2D eigenvalue weighted by Gasteiger charge is -2.09. The van der Waals surface area contributed by atoms with Gasteiger partial charge in [0, 0.05) is 10.1 Å². The molecule has 18 heavy (non-hydrogen) atoms. The molecule has 0 aliphatic carbocycles. The zero-order valence-electron chi connectivity index (χ0n) is 9.18. The lowest BCUT2D eigenvalue weighted by Crippen LogP contribution is -2.00. The van der Waals surface area contributed by atoms with Gasteiger partial charge in [-0.2, -0.15) is 0 Å². The van der Waals surface area contributed by atoms with Crippen molar-refractivity contribution in [3.63, 3.8) is 0 Å². The predicted octanol–water partition coefficient (Wildman–Crippen LogP) is 5.35. The first-order valence-electron chi connectivity index (χ1n) is 5.19. The molecule has 1 N–H and O–H groups in total. The Kier molecular flexibility index (Phi) is 4.70. The minimum absolute atomic E-state index is 0.131. The Hall–Kier alpha value is -0.520. The molecule has 0 unspecified atom stereocenters. The summed E-state index contributed by atoms with van der Waals surface area (Å²) in [5, 5.41) is 3.94. The van der Waals surface area contributed by atoms with Gasteiger partial charge >= 0.3 is 0 Å². The van der Waals surface area contributed by atoms with Crippen LogP contribution in [0.4, 0.5) is 10.1 Å². The van der Waals surface area contributed by atoms with Crippen molar-refractivity contribution in [1.82, 2.24) is 0 Å². The molecule has 0 aromatic heterocycles. The second kappa shape index (κ2) is 6.08. The van der Waals surface area contributed by atoms with E-state index in [9.17, 15) is 4.39 Å². The maximum absolute atomic E-state index is 13.3. The lowest BCUT2D eigenvalue weighted by molar-refractivity contribution is 0.626. The fourth-order valence-corrected chi connectivity index (χ4v) is 2.27. The first kappa shape index (κ1) is 13.9. The SMILES string of the molecule is Fc1cc(CNc2cc(I)ccc2Cl)ccc1Cl. The third kappa shape index (κ3) is 3.49. The number of anilines is 1. The maximum atomic E-state index is 13.3. The summed E-state index contributed by atoms with van der Waals surface area (Å²) in [6.07, 6.45) is 0. The van der Waals surface area contributed by atoms with Gasteiger partial charge in [-0.05, 0) is 58.5 Å². The number of nitrogens with one attached hydrogen (secondary N) is 1. The van der Waals surface area contributed by atoms with E-state index < -0.39 is 5.82 Å². The van der Waals surface area contributed by atoms with Crippen molar-refractivity contribution in [3.05, 3.63) is 61.4 Å². The van der Waals surface area contributed by atoms with E-state index in [4.69, 9.17) is 23.2 Å². The highest BCUT2D eigenvalue weighted by atomic mass is 127. The fraction of sp³-hybridized carbons (Fsp3) is 0.0769. The Morgan fingerprint density at radius 2 is 1.78 bits per heavy atom. The molecule has 0 saturated heterocycles. The van der Waals surface area contributed by atoms with Gasteiger partial charge in [-0.1, -0.05) is 29.3 Å². The highest BCUT2D eigenvalue weighted by Gasteiger charge is 2.03. The molecule has 1 nitrogen and oxygen atoms in total. The Morgan fingerprint density at radius 3 is 2.50 bits per heavy atom. The summed E-state index contributed by atoms with van der Waals surface area (Å²) in [5.74, 6) is -0.412. The molecule has 0 radical (unpaired) electrons. The van der Waals surface area contributed by atoms with Gasteiger partial charge in [-0.15, -0.1) is 0 Å². The molecule has 0 aliphatic heterocycles. The van der Waals surface area contributed by atoms with E-state index in [0.29, 0.717) is 11.6 Å². The highest BCUT2D eigenvalue weighted by Crippen LogP contribution is 2.24. The molecule has 2 aromatic rings. The van der Waals surface area contributed by atoms with Crippen LogP contribution in [-0.2, 0) is 6.54 Å². The second-order valence-electron chi connectivity index (χ2n) is 3.73. The summed E-state index contributed by atoms with van der Waals surface area (Å²) < 4.78 is 14.3. The van der Waals surface area contributed by atoms with Gasteiger partial charge in [0.2, 0.25) is 0 Å². The first-order chi connectivity index (χ1) is 8.56. The fourth-order valence-electron chi connectivity index (χ4n) is 1.48. The van der Waals surface area contributed by atoms with Gasteiger partial charge in [0.05, 0.1) is 15.7 Å². The number of hydrogen-bond donors (Lipinski definition) is 1. The summed E-state index contributed by atoms with van der Waals surface area (Å²) in [6, 6.07) is 10.4. The zero-order valence-corrected chi connectivity index (χ0v) is 12.9. The molecule has 0 aliphatic rings. The van der Waals surface area contributed by atoms with Crippen LogP contribution in [0.5, 0.6) is 0 Å². The molecule has 0 spiro atoms. The summed E-state index contributed by atoms with van der Waals surface area (Å²) in [5.41, 5.74) is 1.64. The Labute approximate surface area is 128 Å². The average Bonchev–Trinajstić information content (AvgIpc) is 2.34. The van der Waals surface area contributed by atoms with Crippen LogP contribution in [0.3, 0.4) is 0 Å². The van der Waals surface area contributed by atoms with E-state index in [0.717, 1.165) is 14.8 Å². The molecule has 0 heterocycles. The largest absolute Gasteiger partial charge is 0.380 e. The number of halogens is 4. The van der Waals surface area contributed by atoms with Crippen LogP contribution in [0.1, 0.15) is 5.56 Å². The van der Waals surface area contributed by atoms with Crippen LogP contribution in [-0.4, -0.2) is 0 Å². The van der Waals surface area contributed by atoms with E-state index in [2.05, 4.69) is 27.9 Å². The Balaban J connectivity index is 2.11. The van der Waals surface area contributed by atoms with Gasteiger partial charge < -0.3 is 5.32 Å². The van der Waals surface area contributed by atoms with Crippen molar-refractivity contribution in [2.45, 2.75) is 6.54 Å². The lowest BCUT2D eigenvalue weighted by atomic mass is 10.2. The molecule has 0 atom stereocenters. The van der Waals surface area contributed by atoms with Crippen molar-refractivity contribution in [3.8, 4) is 0 Å². The van der Waals surface area contributed by atoms with Gasteiger partial charge in [0.25, 0.3) is 0 Å². The van der Waals surface area contributed by atoms with Crippen LogP contribution in [0, 0.1) is 9.39 Å². The molecule has 2 rings (SSSR count). The number of hydrogen-bond acceptors (Lipinski definition) is 1.